The highest BCUT2D eigenvalue weighted by Gasteiger charge is 2.12. The number of unbranched alkanes of at least 4 members (excludes halogenated alkanes) is 11. The number of nitrogens with one attached hydrogen (secondary N) is 1. The summed E-state index contributed by atoms with van der Waals surface area (Å²) in [6, 6.07) is 13.3. The van der Waals surface area contributed by atoms with E-state index in [4.69, 9.17) is 21.1 Å². The van der Waals surface area contributed by atoms with Gasteiger partial charge in [-0.05, 0) is 48.6 Å². The van der Waals surface area contributed by atoms with E-state index in [2.05, 4.69) is 29.5 Å². The number of halogens is 2. The first kappa shape index (κ1) is 35.4. The highest BCUT2D eigenvalue weighted by atomic mass is 79.9. The molecule has 1 amide bonds. The number of benzene rings is 2. The summed E-state index contributed by atoms with van der Waals surface area (Å²) >= 11 is 8.20. The Balaban J connectivity index is 0.00000588. The summed E-state index contributed by atoms with van der Waals surface area (Å²) in [5, 5.41) is 5.50. The third-order valence-corrected chi connectivity index (χ3v) is 8.39. The van der Waals surface area contributed by atoms with Crippen molar-refractivity contribution >= 4 is 51.9 Å². The SMILES string of the molecule is Br.CCCCCCCCCCCCCCOc1ccc(OCC(=O)Nc2ccc(CN3CSC=C3C)cc2)c(Cl)c1. The molecule has 3 rings (SSSR count). The zero-order valence-electron chi connectivity index (χ0n) is 24.8. The minimum absolute atomic E-state index is 0. The fourth-order valence-electron chi connectivity index (χ4n) is 4.67. The predicted molar refractivity (Wildman–Crippen MR) is 181 cm³/mol. The molecule has 0 saturated heterocycles. The van der Waals surface area contributed by atoms with Gasteiger partial charge in [0.15, 0.2) is 6.61 Å². The summed E-state index contributed by atoms with van der Waals surface area (Å²) in [6.45, 7) is 5.83. The summed E-state index contributed by atoms with van der Waals surface area (Å²) in [6.07, 6.45) is 15.9. The van der Waals surface area contributed by atoms with Crippen molar-refractivity contribution in [2.24, 2.45) is 0 Å². The number of ether oxygens (including phenoxy) is 2. The van der Waals surface area contributed by atoms with E-state index in [1.165, 1.54) is 81.9 Å². The van der Waals surface area contributed by atoms with Crippen LogP contribution in [0.5, 0.6) is 11.5 Å². The van der Waals surface area contributed by atoms with Gasteiger partial charge >= 0.3 is 0 Å². The Morgan fingerprint density at radius 3 is 2.12 bits per heavy atom. The topological polar surface area (TPSA) is 50.8 Å². The molecule has 0 aromatic heterocycles. The maximum atomic E-state index is 12.4. The second kappa shape index (κ2) is 21.0. The molecule has 0 aliphatic carbocycles. The summed E-state index contributed by atoms with van der Waals surface area (Å²) in [4.78, 5) is 14.7. The third-order valence-electron chi connectivity index (χ3n) is 7.12. The monoisotopic (exact) mass is 666 g/mol. The second-order valence-electron chi connectivity index (χ2n) is 10.6. The standard InChI is InChI=1S/C33H47ClN2O3S.BrH/c1-3-4-5-6-7-8-9-10-11-12-13-14-21-38-30-19-20-32(31(34)22-30)39-24-33(37)35-29-17-15-28(16-18-29)23-36-26-40-25-27(36)2;/h15-20,22,25H,3-14,21,23-24,26H2,1-2H3,(H,35,37);1H. The number of hydrogen-bond acceptors (Lipinski definition) is 5. The molecule has 228 valence electrons. The van der Waals surface area contributed by atoms with E-state index < -0.39 is 0 Å². The highest BCUT2D eigenvalue weighted by molar-refractivity contribution is 8.93. The number of hydrogen-bond donors (Lipinski definition) is 1. The van der Waals surface area contributed by atoms with Crippen LogP contribution < -0.4 is 14.8 Å². The number of anilines is 1. The molecule has 2 aromatic carbocycles. The Kier molecular flexibility index (Phi) is 18.1. The first-order valence-corrected chi connectivity index (χ1v) is 16.4. The van der Waals surface area contributed by atoms with Crippen LogP contribution >= 0.6 is 40.3 Å². The molecule has 1 aliphatic rings. The number of thioether (sulfide) groups is 1. The molecule has 0 bridgehead atoms. The zero-order chi connectivity index (χ0) is 28.4. The number of nitrogens with zero attached hydrogens (tertiary/aromatic N) is 1. The molecule has 1 aliphatic heterocycles. The minimum atomic E-state index is -0.231. The number of allylic oxidation sites excluding steroid dienone is 1. The Hall–Kier alpha value is -1.83. The van der Waals surface area contributed by atoms with Crippen LogP contribution in [0, 0.1) is 0 Å². The Morgan fingerprint density at radius 1 is 0.902 bits per heavy atom. The number of rotatable bonds is 20. The molecular weight excluding hydrogens is 620 g/mol. The number of amides is 1. The molecule has 0 radical (unpaired) electrons. The van der Waals surface area contributed by atoms with Gasteiger partial charge in [0.2, 0.25) is 0 Å². The maximum Gasteiger partial charge on any atom is 0.262 e. The van der Waals surface area contributed by atoms with Gasteiger partial charge in [-0.15, -0.1) is 28.7 Å². The van der Waals surface area contributed by atoms with Gasteiger partial charge in [0.05, 0.1) is 17.5 Å². The maximum absolute atomic E-state index is 12.4. The lowest BCUT2D eigenvalue weighted by molar-refractivity contribution is -0.118. The lowest BCUT2D eigenvalue weighted by Crippen LogP contribution is -2.20. The van der Waals surface area contributed by atoms with Crippen LogP contribution in [0.2, 0.25) is 5.02 Å². The summed E-state index contributed by atoms with van der Waals surface area (Å²) < 4.78 is 11.5. The van der Waals surface area contributed by atoms with Crippen LogP contribution in [-0.4, -0.2) is 29.9 Å². The Bertz CT molecular complexity index is 1050. The van der Waals surface area contributed by atoms with Gasteiger partial charge in [0.25, 0.3) is 5.91 Å². The highest BCUT2D eigenvalue weighted by Crippen LogP contribution is 2.29. The van der Waals surface area contributed by atoms with Crippen LogP contribution in [-0.2, 0) is 11.3 Å². The van der Waals surface area contributed by atoms with Crippen LogP contribution in [0.4, 0.5) is 5.69 Å². The van der Waals surface area contributed by atoms with Crippen molar-refractivity contribution in [3.63, 3.8) is 0 Å². The molecular formula is C33H48BrClN2O3S. The number of carbonyl (C=O) groups excluding carboxylic acids is 1. The average molecular weight is 668 g/mol. The lowest BCUT2D eigenvalue weighted by atomic mass is 10.1. The minimum Gasteiger partial charge on any atom is -0.494 e. The summed E-state index contributed by atoms with van der Waals surface area (Å²) in [5.41, 5.74) is 3.24. The van der Waals surface area contributed by atoms with E-state index in [1.54, 1.807) is 12.1 Å². The van der Waals surface area contributed by atoms with Crippen molar-refractivity contribution in [3.05, 3.63) is 64.2 Å². The molecule has 0 saturated carbocycles. The molecule has 5 nitrogen and oxygen atoms in total. The second-order valence-corrected chi connectivity index (χ2v) is 11.9. The molecule has 0 fully saturated rings. The normalized spacial score (nSPS) is 12.6. The molecule has 8 heteroatoms. The van der Waals surface area contributed by atoms with Crippen molar-refractivity contribution in [3.8, 4) is 11.5 Å². The van der Waals surface area contributed by atoms with Gasteiger partial charge in [-0.1, -0.05) is 101 Å². The fourth-order valence-corrected chi connectivity index (χ4v) is 5.84. The van der Waals surface area contributed by atoms with Gasteiger partial charge in [-0.25, -0.2) is 0 Å². The summed E-state index contributed by atoms with van der Waals surface area (Å²) in [5.74, 6) is 1.95. The first-order chi connectivity index (χ1) is 19.5. The van der Waals surface area contributed by atoms with Gasteiger partial charge in [-0.2, -0.15) is 0 Å². The van der Waals surface area contributed by atoms with E-state index in [9.17, 15) is 4.79 Å². The van der Waals surface area contributed by atoms with E-state index in [1.807, 2.05) is 42.1 Å². The van der Waals surface area contributed by atoms with Gasteiger partial charge < -0.3 is 19.7 Å². The molecule has 0 unspecified atom stereocenters. The Labute approximate surface area is 267 Å². The van der Waals surface area contributed by atoms with Crippen LogP contribution in [0.1, 0.15) is 96.5 Å². The smallest absolute Gasteiger partial charge is 0.262 e. The third kappa shape index (κ3) is 14.3. The van der Waals surface area contributed by atoms with E-state index in [0.29, 0.717) is 17.4 Å². The van der Waals surface area contributed by atoms with Crippen molar-refractivity contribution in [2.45, 2.75) is 97.4 Å². The van der Waals surface area contributed by atoms with Crippen molar-refractivity contribution in [2.75, 3.05) is 24.4 Å². The molecule has 1 heterocycles. The molecule has 41 heavy (non-hydrogen) atoms. The average Bonchev–Trinajstić information content (AvgIpc) is 3.35. The van der Waals surface area contributed by atoms with E-state index >= 15 is 0 Å². The van der Waals surface area contributed by atoms with Crippen LogP contribution in [0.3, 0.4) is 0 Å². The zero-order valence-corrected chi connectivity index (χ0v) is 28.1. The van der Waals surface area contributed by atoms with E-state index in [-0.39, 0.29) is 29.5 Å². The summed E-state index contributed by atoms with van der Waals surface area (Å²) in [7, 11) is 0. The van der Waals surface area contributed by atoms with Gasteiger partial charge in [-0.3, -0.25) is 4.79 Å². The quantitative estimate of drug-likeness (QED) is 0.142. The van der Waals surface area contributed by atoms with Crippen LogP contribution in [0.25, 0.3) is 0 Å². The first-order valence-electron chi connectivity index (χ1n) is 15.0. The van der Waals surface area contributed by atoms with Crippen LogP contribution in [0.15, 0.2) is 53.6 Å². The molecule has 0 atom stereocenters. The van der Waals surface area contributed by atoms with Crippen molar-refractivity contribution in [1.82, 2.24) is 4.90 Å². The van der Waals surface area contributed by atoms with Gasteiger partial charge in [0, 0.05) is 24.0 Å². The van der Waals surface area contributed by atoms with Crippen molar-refractivity contribution < 1.29 is 14.3 Å². The largest absolute Gasteiger partial charge is 0.494 e. The lowest BCUT2D eigenvalue weighted by Gasteiger charge is -2.19. The predicted octanol–water partition coefficient (Wildman–Crippen LogP) is 10.4. The van der Waals surface area contributed by atoms with Gasteiger partial charge in [0.1, 0.15) is 11.5 Å². The molecule has 2 aromatic rings. The van der Waals surface area contributed by atoms with Crippen molar-refractivity contribution in [1.29, 1.82) is 0 Å². The number of carbonyl (C=O) groups is 1. The molecule has 0 spiro atoms. The molecule has 1 N–H and O–H groups in total. The fraction of sp³-hybridized carbons (Fsp3) is 0.545. The Morgan fingerprint density at radius 2 is 1.54 bits per heavy atom. The van der Waals surface area contributed by atoms with E-state index in [0.717, 1.165) is 30.3 Å².